The zero-order chi connectivity index (χ0) is 58.9. The van der Waals surface area contributed by atoms with Gasteiger partial charge < -0.3 is 89.5 Å². The Morgan fingerprint density at radius 1 is 0.463 bits per heavy atom. The van der Waals surface area contributed by atoms with E-state index in [2.05, 4.69) is 26.0 Å². The first-order chi connectivity index (χ1) is 38.4. The van der Waals surface area contributed by atoms with Crippen LogP contribution in [0, 0.1) is 0 Å². The first-order valence-electron chi connectivity index (χ1n) is 30.0. The lowest BCUT2D eigenvalue weighted by molar-refractivity contribution is -0.360. The van der Waals surface area contributed by atoms with E-state index in [4.69, 9.17) is 37.5 Å². The van der Waals surface area contributed by atoms with E-state index in [0.29, 0.717) is 12.8 Å². The highest BCUT2D eigenvalue weighted by Gasteiger charge is 2.58. The van der Waals surface area contributed by atoms with Crippen LogP contribution < -0.4 is 0 Å². The van der Waals surface area contributed by atoms with Gasteiger partial charge in [0.15, 0.2) is 18.7 Å². The third-order valence-electron chi connectivity index (χ3n) is 15.1. The summed E-state index contributed by atoms with van der Waals surface area (Å²) in [6, 6.07) is 0. The number of rotatable bonds is 44. The number of esters is 2. The average Bonchev–Trinajstić information content (AvgIpc) is 3.46. The van der Waals surface area contributed by atoms with Crippen LogP contribution in [0.3, 0.4) is 0 Å². The molecule has 0 aromatic rings. The molecule has 12 N–H and O–H groups in total. The van der Waals surface area contributed by atoms with E-state index in [1.54, 1.807) is 0 Å². The molecule has 0 aromatic carbocycles. The van der Waals surface area contributed by atoms with E-state index in [1.807, 2.05) is 0 Å². The minimum absolute atomic E-state index is 0.0301. The summed E-state index contributed by atoms with van der Waals surface area (Å²) >= 11 is 0. The number of carbonyl (C=O) groups excluding carboxylic acids is 2. The van der Waals surface area contributed by atoms with E-state index in [0.717, 1.165) is 64.2 Å². The molecule has 16 unspecified atom stereocenters. The molecule has 470 valence electrons. The predicted molar refractivity (Wildman–Crippen MR) is 291 cm³/mol. The van der Waals surface area contributed by atoms with Crippen LogP contribution in [0.2, 0.25) is 0 Å². The van der Waals surface area contributed by atoms with Crippen molar-refractivity contribution in [2.75, 3.05) is 26.4 Å². The van der Waals surface area contributed by atoms with Gasteiger partial charge in [-0.2, -0.15) is 0 Å². The highest BCUT2D eigenvalue weighted by atomic mass is 31.2. The molecule has 0 bridgehead atoms. The second-order valence-corrected chi connectivity index (χ2v) is 23.3. The number of hydrogen-bond donors (Lipinski definition) is 12. The van der Waals surface area contributed by atoms with Gasteiger partial charge in [-0.05, 0) is 38.5 Å². The number of phosphoric acid groups is 1. The third kappa shape index (κ3) is 26.6. The molecule has 0 amide bonds. The zero-order valence-corrected chi connectivity index (χ0v) is 48.5. The molecule has 0 spiro atoms. The molecule has 1 aliphatic carbocycles. The van der Waals surface area contributed by atoms with Crippen molar-refractivity contribution in [2.45, 2.75) is 304 Å². The van der Waals surface area contributed by atoms with Crippen molar-refractivity contribution < 1.29 is 113 Å². The topological polar surface area (TPSA) is 368 Å². The van der Waals surface area contributed by atoms with Gasteiger partial charge in [0.1, 0.15) is 92.1 Å². The minimum atomic E-state index is -5.64. The van der Waals surface area contributed by atoms with E-state index in [9.17, 15) is 75.2 Å². The van der Waals surface area contributed by atoms with Crippen LogP contribution >= 0.6 is 7.82 Å². The summed E-state index contributed by atoms with van der Waals surface area (Å²) < 4.78 is 58.1. The smallest absolute Gasteiger partial charge is 0.462 e. The Morgan fingerprint density at radius 3 is 1.24 bits per heavy atom. The van der Waals surface area contributed by atoms with Crippen LogP contribution in [-0.2, 0) is 51.6 Å². The first-order valence-corrected chi connectivity index (χ1v) is 31.5. The van der Waals surface area contributed by atoms with E-state index < -0.39 is 150 Å². The van der Waals surface area contributed by atoms with Gasteiger partial charge in [0.25, 0.3) is 0 Å². The molecule has 23 nitrogen and oxygen atoms in total. The fourth-order valence-corrected chi connectivity index (χ4v) is 11.0. The number of aliphatic hydroxyl groups is 11. The van der Waals surface area contributed by atoms with Crippen LogP contribution in [0.1, 0.15) is 200 Å². The Kier molecular flexibility index (Phi) is 37.4. The molecular weight excluding hydrogens is 1070 g/mol. The quantitative estimate of drug-likeness (QED) is 0.0175. The number of allylic oxidation sites excluding steroid dienone is 2. The third-order valence-corrected chi connectivity index (χ3v) is 16.1. The Bertz CT molecular complexity index is 1640. The molecule has 80 heavy (non-hydrogen) atoms. The Labute approximate surface area is 473 Å². The molecular formula is C56H103O23P. The van der Waals surface area contributed by atoms with Crippen LogP contribution in [0.4, 0.5) is 0 Å². The average molecular weight is 1180 g/mol. The highest BCUT2D eigenvalue weighted by molar-refractivity contribution is 7.47. The lowest BCUT2D eigenvalue weighted by Crippen LogP contribution is -2.69. The summed E-state index contributed by atoms with van der Waals surface area (Å²) in [5, 5.41) is 117. The maximum Gasteiger partial charge on any atom is 0.472 e. The monoisotopic (exact) mass is 1170 g/mol. The van der Waals surface area contributed by atoms with Crippen molar-refractivity contribution in [1.29, 1.82) is 0 Å². The van der Waals surface area contributed by atoms with Gasteiger partial charge in [0.05, 0.1) is 19.8 Å². The zero-order valence-electron chi connectivity index (χ0n) is 47.6. The van der Waals surface area contributed by atoms with Crippen molar-refractivity contribution in [2.24, 2.45) is 0 Å². The summed E-state index contributed by atoms with van der Waals surface area (Å²) in [6.07, 6.45) is -0.919. The molecule has 0 aromatic heterocycles. The Morgan fingerprint density at radius 2 is 0.825 bits per heavy atom. The fraction of sp³-hybridized carbons (Fsp3) is 0.929. The van der Waals surface area contributed by atoms with Gasteiger partial charge in [-0.1, -0.05) is 161 Å². The molecule has 2 heterocycles. The van der Waals surface area contributed by atoms with Gasteiger partial charge in [-0.15, -0.1) is 0 Å². The summed E-state index contributed by atoms with van der Waals surface area (Å²) in [6.45, 7) is 0.998. The number of unbranched alkanes of at least 4 members (excludes halogenated alkanes) is 24. The molecule has 16 atom stereocenters. The second kappa shape index (κ2) is 41.3. The summed E-state index contributed by atoms with van der Waals surface area (Å²) in [5.41, 5.74) is 0. The van der Waals surface area contributed by atoms with Gasteiger partial charge in [-0.25, -0.2) is 4.57 Å². The van der Waals surface area contributed by atoms with Gasteiger partial charge in [0, 0.05) is 12.8 Å². The van der Waals surface area contributed by atoms with Gasteiger partial charge >= 0.3 is 19.8 Å². The Balaban J connectivity index is 1.70. The summed E-state index contributed by atoms with van der Waals surface area (Å²) in [7, 11) is -5.64. The molecule has 1 saturated carbocycles. The number of phosphoric ester groups is 1. The molecule has 3 fully saturated rings. The highest BCUT2D eigenvalue weighted by Crippen LogP contribution is 2.49. The van der Waals surface area contributed by atoms with E-state index in [-0.39, 0.29) is 12.8 Å². The lowest BCUT2D eigenvalue weighted by Gasteiger charge is -2.49. The normalized spacial score (nSPS) is 31.3. The lowest BCUT2D eigenvalue weighted by atomic mass is 9.84. The number of ether oxygens (including phenoxy) is 6. The maximum atomic E-state index is 14.0. The van der Waals surface area contributed by atoms with Crippen LogP contribution in [0.25, 0.3) is 0 Å². The van der Waals surface area contributed by atoms with Crippen molar-refractivity contribution in [1.82, 2.24) is 0 Å². The summed E-state index contributed by atoms with van der Waals surface area (Å²) in [4.78, 5) is 37.5. The van der Waals surface area contributed by atoms with Gasteiger partial charge in [-0.3, -0.25) is 18.6 Å². The summed E-state index contributed by atoms with van der Waals surface area (Å²) in [5.74, 6) is -1.34. The van der Waals surface area contributed by atoms with Crippen LogP contribution in [0.5, 0.6) is 0 Å². The largest absolute Gasteiger partial charge is 0.472 e. The SMILES string of the molecule is CCCCCCCCC=CCCCCCC(=O)OCC(COP(=O)(O)OC1C(OC2OC(CO)C(O)C(O)C2O)C(O)C(O)C(O)C1OC1OC(CO)C(O)C(O)C1O)OC(=O)CCCCCCCCCCCCCCCCCC. The van der Waals surface area contributed by atoms with Crippen LogP contribution in [0.15, 0.2) is 12.2 Å². The van der Waals surface area contributed by atoms with Crippen molar-refractivity contribution in [3.63, 3.8) is 0 Å². The number of carbonyl (C=O) groups is 2. The standard InChI is InChI=1S/C56H103O23P/c1-3-5-7-9-11-13-15-17-18-19-21-23-25-27-29-31-33-42(60)74-38(36-72-41(59)32-30-28-26-24-22-20-16-14-12-10-8-6-4-2)37-73-80(70,71)79-54-52(77-55-50(68)45(63)43(61)39(34-57)75-55)48(66)47(65)49(67)53(54)78-56-51(69)46(64)44(62)40(35-58)76-56/h20,22,38-40,43-58,61-69H,3-19,21,23-37H2,1-2H3,(H,70,71). The number of hydrogen-bond acceptors (Lipinski definition) is 22. The fourth-order valence-electron chi connectivity index (χ4n) is 10.1. The molecule has 2 saturated heterocycles. The minimum Gasteiger partial charge on any atom is -0.462 e. The Hall–Kier alpha value is -1.81. The van der Waals surface area contributed by atoms with E-state index >= 15 is 0 Å². The number of aliphatic hydroxyl groups excluding tert-OH is 11. The van der Waals surface area contributed by atoms with Crippen molar-refractivity contribution in [3.8, 4) is 0 Å². The molecule has 2 aliphatic heterocycles. The second-order valence-electron chi connectivity index (χ2n) is 21.9. The molecule has 3 rings (SSSR count). The van der Waals surface area contributed by atoms with Crippen molar-refractivity contribution >= 4 is 19.8 Å². The molecule has 0 radical (unpaired) electrons. The van der Waals surface area contributed by atoms with Gasteiger partial charge in [0.2, 0.25) is 0 Å². The van der Waals surface area contributed by atoms with Crippen LogP contribution in [-0.4, -0.2) is 204 Å². The molecule has 3 aliphatic rings. The predicted octanol–water partition coefficient (Wildman–Crippen LogP) is 4.32. The molecule has 24 heteroatoms. The van der Waals surface area contributed by atoms with E-state index in [1.165, 1.54) is 96.3 Å². The first kappa shape index (κ1) is 72.4. The van der Waals surface area contributed by atoms with Crippen molar-refractivity contribution in [3.05, 3.63) is 12.2 Å². The maximum absolute atomic E-state index is 14.0.